The lowest BCUT2D eigenvalue weighted by Gasteiger charge is -2.13. The van der Waals surface area contributed by atoms with Gasteiger partial charge < -0.3 is 15.0 Å². The average molecular weight is 280 g/mol. The van der Waals surface area contributed by atoms with Crippen molar-refractivity contribution in [1.82, 2.24) is 15.0 Å². The highest BCUT2D eigenvalue weighted by atomic mass is 32.1. The van der Waals surface area contributed by atoms with Crippen LogP contribution in [0.5, 0.6) is 0 Å². The molecule has 0 saturated heterocycles. The number of aromatic amines is 1. The molecular weight excluding hydrogens is 264 g/mol. The van der Waals surface area contributed by atoms with Gasteiger partial charge in [-0.2, -0.15) is 0 Å². The van der Waals surface area contributed by atoms with Crippen LogP contribution in [0.4, 0.5) is 5.13 Å². The number of hydrogen-bond acceptors (Lipinski definition) is 6. The number of carbonyl (C=O) groups is 1. The molecule has 19 heavy (non-hydrogen) atoms. The van der Waals surface area contributed by atoms with Gasteiger partial charge in [-0.3, -0.25) is 0 Å². The zero-order valence-corrected chi connectivity index (χ0v) is 11.9. The number of imidazole rings is 1. The van der Waals surface area contributed by atoms with Gasteiger partial charge in [0.05, 0.1) is 13.2 Å². The van der Waals surface area contributed by atoms with E-state index in [9.17, 15) is 4.79 Å². The molecule has 2 aromatic heterocycles. The summed E-state index contributed by atoms with van der Waals surface area (Å²) in [6.45, 7) is 3.91. The summed E-state index contributed by atoms with van der Waals surface area (Å²) in [5.41, 5.74) is 0.365. The number of nitrogens with one attached hydrogen (secondary N) is 2. The molecule has 0 saturated carbocycles. The van der Waals surface area contributed by atoms with E-state index in [2.05, 4.69) is 27.2 Å². The normalized spacial score (nSPS) is 12.2. The largest absolute Gasteiger partial charge is 0.464 e. The number of esters is 1. The number of hydrogen-bond donors (Lipinski definition) is 2. The Hall–Kier alpha value is -1.89. The van der Waals surface area contributed by atoms with Gasteiger partial charge in [-0.05, 0) is 13.3 Å². The topological polar surface area (TPSA) is 79.9 Å². The Bertz CT molecular complexity index is 550. The Morgan fingerprint density at radius 3 is 3.00 bits per heavy atom. The third kappa shape index (κ3) is 2.93. The number of carbonyl (C=O) groups excluding carboxylic acids is 1. The lowest BCUT2D eigenvalue weighted by atomic mass is 10.2. The zero-order chi connectivity index (χ0) is 13.8. The maximum atomic E-state index is 11.5. The van der Waals surface area contributed by atoms with Gasteiger partial charge in [-0.25, -0.2) is 14.8 Å². The minimum Gasteiger partial charge on any atom is -0.464 e. The van der Waals surface area contributed by atoms with E-state index in [1.165, 1.54) is 18.4 Å². The lowest BCUT2D eigenvalue weighted by Crippen LogP contribution is -2.11. The Morgan fingerprint density at radius 2 is 2.42 bits per heavy atom. The summed E-state index contributed by atoms with van der Waals surface area (Å²) in [6.07, 6.45) is 4.36. The molecule has 0 aliphatic carbocycles. The molecule has 2 rings (SSSR count). The maximum Gasteiger partial charge on any atom is 0.357 e. The van der Waals surface area contributed by atoms with Crippen LogP contribution in [0.15, 0.2) is 12.4 Å². The Kier molecular flexibility index (Phi) is 4.16. The highest BCUT2D eigenvalue weighted by molar-refractivity contribution is 7.15. The Morgan fingerprint density at radius 1 is 1.63 bits per heavy atom. The molecule has 0 aliphatic heterocycles. The molecule has 0 fully saturated rings. The van der Waals surface area contributed by atoms with Gasteiger partial charge in [0.15, 0.2) is 10.8 Å². The molecule has 7 heteroatoms. The van der Waals surface area contributed by atoms with Gasteiger partial charge in [0.1, 0.15) is 5.82 Å². The van der Waals surface area contributed by atoms with Gasteiger partial charge in [0.25, 0.3) is 0 Å². The number of thiazole rings is 1. The summed E-state index contributed by atoms with van der Waals surface area (Å²) in [5, 5.41) is 3.97. The second-order valence-corrected chi connectivity index (χ2v) is 5.20. The quantitative estimate of drug-likeness (QED) is 0.823. The van der Waals surface area contributed by atoms with Crippen LogP contribution in [0.25, 0.3) is 0 Å². The van der Waals surface area contributed by atoms with E-state index in [4.69, 9.17) is 4.74 Å². The molecule has 0 amide bonds. The summed E-state index contributed by atoms with van der Waals surface area (Å²) >= 11 is 1.43. The SMILES string of the molecule is CCC(Nc1nc(C(=O)OC)c(C)s1)c1ncc[nH]1. The van der Waals surface area contributed by atoms with Crippen LogP contribution in [0.2, 0.25) is 0 Å². The number of methoxy groups -OCH3 is 1. The summed E-state index contributed by atoms with van der Waals surface area (Å²) in [4.78, 5) is 23.9. The fraction of sp³-hybridized carbons (Fsp3) is 0.417. The van der Waals surface area contributed by atoms with Gasteiger partial charge >= 0.3 is 5.97 Å². The van der Waals surface area contributed by atoms with Crippen molar-refractivity contribution >= 4 is 22.4 Å². The molecular formula is C12H16N4O2S. The monoisotopic (exact) mass is 280 g/mol. The molecule has 0 spiro atoms. The van der Waals surface area contributed by atoms with E-state index >= 15 is 0 Å². The summed E-state index contributed by atoms with van der Waals surface area (Å²) in [6, 6.07) is 0.0473. The van der Waals surface area contributed by atoms with E-state index in [-0.39, 0.29) is 6.04 Å². The van der Waals surface area contributed by atoms with Crippen LogP contribution < -0.4 is 5.32 Å². The number of aromatic nitrogens is 3. The van der Waals surface area contributed by atoms with Crippen molar-refractivity contribution in [3.05, 3.63) is 28.8 Å². The van der Waals surface area contributed by atoms with Crippen molar-refractivity contribution in [1.29, 1.82) is 0 Å². The second-order valence-electron chi connectivity index (χ2n) is 3.99. The summed E-state index contributed by atoms with van der Waals surface area (Å²) in [7, 11) is 1.35. The molecule has 2 aromatic rings. The van der Waals surface area contributed by atoms with Crippen molar-refractivity contribution in [3.8, 4) is 0 Å². The molecule has 0 aromatic carbocycles. The first-order valence-electron chi connectivity index (χ1n) is 5.97. The minimum atomic E-state index is -0.409. The number of nitrogens with zero attached hydrogens (tertiary/aromatic N) is 2. The first kappa shape index (κ1) is 13.5. The van der Waals surface area contributed by atoms with E-state index in [1.807, 2.05) is 6.92 Å². The minimum absolute atomic E-state index is 0.0473. The van der Waals surface area contributed by atoms with Gasteiger partial charge in [-0.15, -0.1) is 11.3 Å². The van der Waals surface area contributed by atoms with Crippen LogP contribution in [-0.2, 0) is 4.74 Å². The second kappa shape index (κ2) is 5.83. The smallest absolute Gasteiger partial charge is 0.357 e. The molecule has 6 nitrogen and oxygen atoms in total. The molecule has 102 valence electrons. The number of ether oxygens (including phenoxy) is 1. The molecule has 0 bridgehead atoms. The third-order valence-corrected chi connectivity index (χ3v) is 3.63. The van der Waals surface area contributed by atoms with Crippen LogP contribution in [-0.4, -0.2) is 28.0 Å². The van der Waals surface area contributed by atoms with E-state index in [1.54, 1.807) is 12.4 Å². The summed E-state index contributed by atoms with van der Waals surface area (Å²) < 4.78 is 4.69. The van der Waals surface area contributed by atoms with Crippen LogP contribution >= 0.6 is 11.3 Å². The molecule has 0 radical (unpaired) electrons. The van der Waals surface area contributed by atoms with Crippen LogP contribution in [0.3, 0.4) is 0 Å². The predicted molar refractivity (Wildman–Crippen MR) is 73.4 cm³/mol. The molecule has 1 unspecified atom stereocenters. The third-order valence-electron chi connectivity index (χ3n) is 2.73. The van der Waals surface area contributed by atoms with Gasteiger partial charge in [-0.1, -0.05) is 6.92 Å². The number of H-pyrrole nitrogens is 1. The van der Waals surface area contributed by atoms with Crippen molar-refractivity contribution in [2.24, 2.45) is 0 Å². The van der Waals surface area contributed by atoms with Gasteiger partial charge in [0.2, 0.25) is 0 Å². The number of anilines is 1. The predicted octanol–water partition coefficient (Wildman–Crippen LogP) is 2.52. The van der Waals surface area contributed by atoms with Crippen LogP contribution in [0.1, 0.15) is 40.6 Å². The van der Waals surface area contributed by atoms with Crippen molar-refractivity contribution < 1.29 is 9.53 Å². The Labute approximate surface area is 115 Å². The summed E-state index contributed by atoms with van der Waals surface area (Å²) in [5.74, 6) is 0.447. The molecule has 2 heterocycles. The highest BCUT2D eigenvalue weighted by Gasteiger charge is 2.18. The van der Waals surface area contributed by atoms with Crippen molar-refractivity contribution in [2.75, 3.05) is 12.4 Å². The number of rotatable bonds is 5. The number of aryl methyl sites for hydroxylation is 1. The first-order valence-corrected chi connectivity index (χ1v) is 6.78. The van der Waals surface area contributed by atoms with E-state index in [0.29, 0.717) is 10.8 Å². The molecule has 0 aliphatic rings. The molecule has 2 N–H and O–H groups in total. The fourth-order valence-electron chi connectivity index (χ4n) is 1.73. The van der Waals surface area contributed by atoms with Crippen molar-refractivity contribution in [3.63, 3.8) is 0 Å². The van der Waals surface area contributed by atoms with E-state index < -0.39 is 5.97 Å². The lowest BCUT2D eigenvalue weighted by molar-refractivity contribution is 0.0594. The first-order chi connectivity index (χ1) is 9.15. The standard InChI is InChI=1S/C12H16N4O2S/c1-4-8(10-13-5-6-14-10)15-12-16-9(7(2)19-12)11(17)18-3/h5-6,8H,4H2,1-3H3,(H,13,14)(H,15,16). The maximum absolute atomic E-state index is 11.5. The zero-order valence-electron chi connectivity index (χ0n) is 11.1. The fourth-order valence-corrected chi connectivity index (χ4v) is 2.58. The van der Waals surface area contributed by atoms with Crippen molar-refractivity contribution in [2.45, 2.75) is 26.3 Å². The van der Waals surface area contributed by atoms with E-state index in [0.717, 1.165) is 17.1 Å². The highest BCUT2D eigenvalue weighted by Crippen LogP contribution is 2.26. The van der Waals surface area contributed by atoms with Crippen LogP contribution in [0, 0.1) is 6.92 Å². The molecule has 1 atom stereocenters. The Balaban J connectivity index is 2.17. The average Bonchev–Trinajstić information content (AvgIpc) is 3.04. The van der Waals surface area contributed by atoms with Gasteiger partial charge in [0, 0.05) is 17.3 Å².